The molecule has 7 heteroatoms. The number of H-pyrrole nitrogens is 1. The largest absolute Gasteiger partial charge is 0.368 e. The number of fused-ring (bicyclic) bond motifs is 1. The molecular weight excluding hydrogens is 330 g/mol. The Labute approximate surface area is 150 Å². The van der Waals surface area contributed by atoms with Gasteiger partial charge in [-0.3, -0.25) is 9.59 Å². The zero-order valence-corrected chi connectivity index (χ0v) is 14.1. The molecule has 132 valence electrons. The van der Waals surface area contributed by atoms with Gasteiger partial charge in [-0.1, -0.05) is 30.3 Å². The Morgan fingerprint density at radius 3 is 2.73 bits per heavy atom. The van der Waals surface area contributed by atoms with Crippen molar-refractivity contribution >= 4 is 23.0 Å². The van der Waals surface area contributed by atoms with Crippen LogP contribution < -0.4 is 11.1 Å². The molecule has 0 spiro atoms. The normalized spacial score (nSPS) is 14.9. The summed E-state index contributed by atoms with van der Waals surface area (Å²) < 4.78 is 0. The molecule has 26 heavy (non-hydrogen) atoms. The molecule has 4 N–H and O–H groups in total. The van der Waals surface area contributed by atoms with E-state index in [-0.39, 0.29) is 0 Å². The molecule has 0 bridgehead atoms. The van der Waals surface area contributed by atoms with Crippen LogP contribution in [0.3, 0.4) is 0 Å². The van der Waals surface area contributed by atoms with E-state index in [1.165, 1.54) is 0 Å². The molecule has 0 radical (unpaired) electrons. The number of carbonyl (C=O) groups excluding carboxylic acids is 2. The molecule has 2 aromatic heterocycles. The minimum atomic E-state index is -0.797. The van der Waals surface area contributed by atoms with Crippen LogP contribution in [0.25, 0.3) is 11.2 Å². The number of nitrogens with zero attached hydrogens (tertiary/aromatic N) is 2. The first-order valence-electron chi connectivity index (χ1n) is 8.60. The van der Waals surface area contributed by atoms with Crippen LogP contribution in [-0.2, 0) is 11.2 Å². The molecule has 2 heterocycles. The smallest absolute Gasteiger partial charge is 0.255 e. The Bertz CT molecular complexity index is 962. The fourth-order valence-corrected chi connectivity index (χ4v) is 2.96. The Balaban J connectivity index is 1.57. The van der Waals surface area contributed by atoms with E-state index >= 15 is 0 Å². The summed E-state index contributed by atoms with van der Waals surface area (Å²) in [5, 5.41) is 2.72. The van der Waals surface area contributed by atoms with Crippen molar-refractivity contribution in [2.75, 3.05) is 0 Å². The zero-order chi connectivity index (χ0) is 18.1. The lowest BCUT2D eigenvalue weighted by atomic mass is 10.1. The molecule has 1 saturated carbocycles. The monoisotopic (exact) mass is 349 g/mol. The molecule has 1 aromatic carbocycles. The maximum absolute atomic E-state index is 12.7. The average molecular weight is 349 g/mol. The summed E-state index contributed by atoms with van der Waals surface area (Å²) >= 11 is 0. The number of amides is 2. The van der Waals surface area contributed by atoms with Gasteiger partial charge in [-0.15, -0.1) is 0 Å². The number of aromatic nitrogens is 3. The zero-order valence-electron chi connectivity index (χ0n) is 14.1. The average Bonchev–Trinajstić information content (AvgIpc) is 3.41. The van der Waals surface area contributed by atoms with Gasteiger partial charge in [-0.05, 0) is 18.4 Å². The molecule has 0 saturated heterocycles. The number of hydrogen-bond donors (Lipinski definition) is 3. The highest BCUT2D eigenvalue weighted by Gasteiger charge is 2.27. The van der Waals surface area contributed by atoms with Gasteiger partial charge >= 0.3 is 0 Å². The van der Waals surface area contributed by atoms with E-state index in [2.05, 4.69) is 20.3 Å². The van der Waals surface area contributed by atoms with E-state index in [9.17, 15) is 9.59 Å². The predicted octanol–water partition coefficient (Wildman–Crippen LogP) is 1.66. The molecule has 4 rings (SSSR count). The molecule has 1 aliphatic rings. The van der Waals surface area contributed by atoms with Gasteiger partial charge in [-0.2, -0.15) is 0 Å². The van der Waals surface area contributed by atoms with E-state index in [1.807, 2.05) is 30.3 Å². The third-order valence-electron chi connectivity index (χ3n) is 4.57. The summed E-state index contributed by atoms with van der Waals surface area (Å²) in [6, 6.07) is 8.63. The van der Waals surface area contributed by atoms with Gasteiger partial charge < -0.3 is 16.0 Å². The van der Waals surface area contributed by atoms with Crippen molar-refractivity contribution in [3.8, 4) is 0 Å². The van der Waals surface area contributed by atoms with Gasteiger partial charge in [0.05, 0.1) is 17.5 Å². The Morgan fingerprint density at radius 2 is 2.04 bits per heavy atom. The number of nitrogens with one attached hydrogen (secondary N) is 2. The number of carbonyl (C=O) groups is 2. The second kappa shape index (κ2) is 6.59. The summed E-state index contributed by atoms with van der Waals surface area (Å²) in [4.78, 5) is 36.4. The van der Waals surface area contributed by atoms with Crippen molar-refractivity contribution in [3.63, 3.8) is 0 Å². The lowest BCUT2D eigenvalue weighted by Crippen LogP contribution is -2.45. The van der Waals surface area contributed by atoms with Crippen LogP contribution in [0.1, 0.15) is 40.4 Å². The van der Waals surface area contributed by atoms with Crippen LogP contribution in [0, 0.1) is 0 Å². The lowest BCUT2D eigenvalue weighted by Gasteiger charge is -2.15. The van der Waals surface area contributed by atoms with Crippen LogP contribution in [0.4, 0.5) is 0 Å². The van der Waals surface area contributed by atoms with Crippen molar-refractivity contribution in [2.45, 2.75) is 31.2 Å². The van der Waals surface area contributed by atoms with Crippen molar-refractivity contribution in [1.29, 1.82) is 0 Å². The number of rotatable bonds is 6. The number of aromatic amines is 1. The molecule has 1 fully saturated rings. The number of hydrogen-bond acceptors (Lipinski definition) is 4. The number of primary amides is 1. The van der Waals surface area contributed by atoms with Crippen molar-refractivity contribution in [3.05, 3.63) is 59.5 Å². The number of benzene rings is 1. The van der Waals surface area contributed by atoms with E-state index < -0.39 is 17.9 Å². The summed E-state index contributed by atoms with van der Waals surface area (Å²) in [7, 11) is 0. The fraction of sp³-hybridized carbons (Fsp3) is 0.263. The first-order chi connectivity index (χ1) is 12.6. The second-order valence-electron chi connectivity index (χ2n) is 6.59. The SMILES string of the molecule is NC(=O)[C@@H](Cc1ccccc1)NC(=O)c1c[nH]c2ncc(C3CC3)nc12. The summed E-state index contributed by atoms with van der Waals surface area (Å²) in [5.74, 6) is -0.529. The third kappa shape index (κ3) is 3.28. The van der Waals surface area contributed by atoms with Crippen LogP contribution in [0.15, 0.2) is 42.7 Å². The highest BCUT2D eigenvalue weighted by Crippen LogP contribution is 2.39. The van der Waals surface area contributed by atoms with Gasteiger partial charge in [0.15, 0.2) is 5.65 Å². The Kier molecular flexibility index (Phi) is 4.12. The lowest BCUT2D eigenvalue weighted by molar-refractivity contribution is -0.119. The Morgan fingerprint density at radius 1 is 1.27 bits per heavy atom. The summed E-state index contributed by atoms with van der Waals surface area (Å²) in [6.45, 7) is 0. The molecule has 3 aromatic rings. The minimum Gasteiger partial charge on any atom is -0.368 e. The van der Waals surface area contributed by atoms with E-state index in [4.69, 9.17) is 5.73 Å². The topological polar surface area (TPSA) is 114 Å². The Hall–Kier alpha value is -3.22. The van der Waals surface area contributed by atoms with E-state index in [0.717, 1.165) is 24.1 Å². The molecule has 1 aliphatic carbocycles. The molecule has 2 amide bonds. The van der Waals surface area contributed by atoms with Crippen LogP contribution in [0.2, 0.25) is 0 Å². The van der Waals surface area contributed by atoms with Crippen LogP contribution >= 0.6 is 0 Å². The predicted molar refractivity (Wildman–Crippen MR) is 96.5 cm³/mol. The van der Waals surface area contributed by atoms with E-state index in [1.54, 1.807) is 12.4 Å². The highest BCUT2D eigenvalue weighted by atomic mass is 16.2. The maximum Gasteiger partial charge on any atom is 0.255 e. The van der Waals surface area contributed by atoms with Gasteiger partial charge in [0, 0.05) is 18.5 Å². The van der Waals surface area contributed by atoms with Crippen molar-refractivity contribution in [2.24, 2.45) is 5.73 Å². The standard InChI is InChI=1S/C19H19N5O2/c20-17(25)14(8-11-4-2-1-3-5-11)24-19(26)13-9-21-18-16(13)23-15(10-22-18)12-6-7-12/h1-5,9-10,12,14H,6-8H2,(H2,20,25)(H,21,22)(H,24,26)/t14-/m1/s1. The van der Waals surface area contributed by atoms with Crippen LogP contribution in [0.5, 0.6) is 0 Å². The molecule has 7 nitrogen and oxygen atoms in total. The van der Waals surface area contributed by atoms with Crippen LogP contribution in [-0.4, -0.2) is 32.8 Å². The second-order valence-corrected chi connectivity index (χ2v) is 6.59. The first kappa shape index (κ1) is 16.3. The first-order valence-corrected chi connectivity index (χ1v) is 8.60. The molecule has 0 aliphatic heterocycles. The molecule has 1 atom stereocenters. The summed E-state index contributed by atoms with van der Waals surface area (Å²) in [5.41, 5.74) is 8.76. The summed E-state index contributed by atoms with van der Waals surface area (Å²) in [6.07, 6.45) is 5.86. The van der Waals surface area contributed by atoms with Crippen molar-refractivity contribution in [1.82, 2.24) is 20.3 Å². The quantitative estimate of drug-likeness (QED) is 0.628. The van der Waals surface area contributed by atoms with E-state index in [0.29, 0.717) is 29.1 Å². The van der Waals surface area contributed by atoms with Crippen molar-refractivity contribution < 1.29 is 9.59 Å². The van der Waals surface area contributed by atoms with Gasteiger partial charge in [0.1, 0.15) is 11.6 Å². The minimum absolute atomic E-state index is 0.337. The fourth-order valence-electron chi connectivity index (χ4n) is 2.96. The number of nitrogens with two attached hydrogens (primary N) is 1. The van der Waals surface area contributed by atoms with Gasteiger partial charge in [-0.25, -0.2) is 9.97 Å². The maximum atomic E-state index is 12.7. The third-order valence-corrected chi connectivity index (χ3v) is 4.57. The molecule has 0 unspecified atom stereocenters. The van der Waals surface area contributed by atoms with Gasteiger partial charge in [0.25, 0.3) is 5.91 Å². The van der Waals surface area contributed by atoms with Gasteiger partial charge in [0.2, 0.25) is 5.91 Å². The molecular formula is C19H19N5O2. The highest BCUT2D eigenvalue weighted by molar-refractivity contribution is 6.05.